The van der Waals surface area contributed by atoms with Gasteiger partial charge < -0.3 is 0 Å². The van der Waals surface area contributed by atoms with Crippen molar-refractivity contribution in [3.05, 3.63) is 69.5 Å². The third-order valence-electron chi connectivity index (χ3n) is 5.26. The highest BCUT2D eigenvalue weighted by Crippen LogP contribution is 2.26. The molecular formula is C22H25Cl2N5O3S. The zero-order chi connectivity index (χ0) is 24.2. The van der Waals surface area contributed by atoms with Crippen molar-refractivity contribution in [2.45, 2.75) is 57.0 Å². The van der Waals surface area contributed by atoms with Gasteiger partial charge in [-0.3, -0.25) is 4.79 Å². The molecule has 0 amide bonds. The summed E-state index contributed by atoms with van der Waals surface area (Å²) in [6.07, 6.45) is 0.499. The first-order chi connectivity index (χ1) is 15.6. The van der Waals surface area contributed by atoms with Crippen molar-refractivity contribution < 1.29 is 13.2 Å². The van der Waals surface area contributed by atoms with Gasteiger partial charge in [-0.2, -0.15) is 0 Å². The number of hydrogen-bond acceptors (Lipinski definition) is 6. The van der Waals surface area contributed by atoms with Gasteiger partial charge in [0.2, 0.25) is 10.0 Å². The predicted octanol–water partition coefficient (Wildman–Crippen LogP) is 4.02. The molecule has 1 atom stereocenters. The van der Waals surface area contributed by atoms with E-state index < -0.39 is 16.1 Å². The molecule has 0 aliphatic rings. The second-order valence-corrected chi connectivity index (χ2v) is 10.4. The molecular weight excluding hydrogens is 485 g/mol. The summed E-state index contributed by atoms with van der Waals surface area (Å²) < 4.78 is 29.5. The van der Waals surface area contributed by atoms with E-state index in [2.05, 4.69) is 20.2 Å². The number of hydrogen-bond donors (Lipinski definition) is 1. The van der Waals surface area contributed by atoms with Crippen LogP contribution in [-0.2, 0) is 27.8 Å². The Morgan fingerprint density at radius 1 is 1.09 bits per heavy atom. The number of nitrogens with zero attached hydrogens (tertiary/aromatic N) is 4. The summed E-state index contributed by atoms with van der Waals surface area (Å²) in [7, 11) is -3.87. The molecule has 11 heteroatoms. The maximum atomic E-state index is 12.9. The molecule has 0 saturated carbocycles. The highest BCUT2D eigenvalue weighted by molar-refractivity contribution is 7.89. The Bertz CT molecular complexity index is 1210. The number of sulfonamides is 1. The van der Waals surface area contributed by atoms with E-state index in [1.807, 2.05) is 13.8 Å². The van der Waals surface area contributed by atoms with Crippen molar-refractivity contribution in [1.82, 2.24) is 24.9 Å². The Kier molecular flexibility index (Phi) is 8.23. The van der Waals surface area contributed by atoms with E-state index in [4.69, 9.17) is 23.2 Å². The molecule has 1 aromatic heterocycles. The maximum absolute atomic E-state index is 12.9. The second kappa shape index (κ2) is 10.7. The monoisotopic (exact) mass is 509 g/mol. The first-order valence-electron chi connectivity index (χ1n) is 10.4. The maximum Gasteiger partial charge on any atom is 0.241 e. The topological polar surface area (TPSA) is 107 Å². The highest BCUT2D eigenvalue weighted by Gasteiger charge is 2.26. The Labute approximate surface area is 203 Å². The molecule has 0 radical (unpaired) electrons. The lowest BCUT2D eigenvalue weighted by Crippen LogP contribution is -2.42. The zero-order valence-corrected chi connectivity index (χ0v) is 20.8. The molecule has 33 heavy (non-hydrogen) atoms. The van der Waals surface area contributed by atoms with Crippen LogP contribution in [0.15, 0.2) is 47.4 Å². The molecule has 3 rings (SSSR count). The van der Waals surface area contributed by atoms with Gasteiger partial charge in [0.25, 0.3) is 0 Å². The van der Waals surface area contributed by atoms with Crippen LogP contribution in [0.5, 0.6) is 0 Å². The van der Waals surface area contributed by atoms with E-state index in [0.717, 1.165) is 5.56 Å². The third kappa shape index (κ3) is 6.17. The van der Waals surface area contributed by atoms with Gasteiger partial charge in [0.15, 0.2) is 11.6 Å². The minimum atomic E-state index is -3.87. The summed E-state index contributed by atoms with van der Waals surface area (Å²) in [5.41, 5.74) is 1.67. The second-order valence-electron chi connectivity index (χ2n) is 7.90. The van der Waals surface area contributed by atoms with Crippen LogP contribution in [0.4, 0.5) is 0 Å². The number of Topliss-reactive ketones (excluding diaryl/α,β-unsaturated/α-hetero) is 1. The van der Waals surface area contributed by atoms with Crippen LogP contribution in [0.2, 0.25) is 10.0 Å². The van der Waals surface area contributed by atoms with Gasteiger partial charge >= 0.3 is 0 Å². The molecule has 176 valence electrons. The number of ketones is 1. The smallest absolute Gasteiger partial charge is 0.241 e. The average molecular weight is 510 g/mol. The van der Waals surface area contributed by atoms with Crippen LogP contribution in [-0.4, -0.2) is 40.5 Å². The Balaban J connectivity index is 1.74. The lowest BCUT2D eigenvalue weighted by atomic mass is 10.0. The minimum Gasteiger partial charge on any atom is -0.296 e. The molecule has 0 spiro atoms. The van der Waals surface area contributed by atoms with Crippen molar-refractivity contribution in [2.75, 3.05) is 0 Å². The Hall–Kier alpha value is -2.33. The Morgan fingerprint density at radius 3 is 2.30 bits per heavy atom. The van der Waals surface area contributed by atoms with Crippen molar-refractivity contribution in [1.29, 1.82) is 0 Å². The van der Waals surface area contributed by atoms with E-state index in [0.29, 0.717) is 21.4 Å². The molecule has 1 heterocycles. The van der Waals surface area contributed by atoms with E-state index in [1.54, 1.807) is 49.4 Å². The normalized spacial score (nSPS) is 12.8. The molecule has 3 aromatic rings. The molecule has 0 saturated heterocycles. The first kappa shape index (κ1) is 25.3. The summed E-state index contributed by atoms with van der Waals surface area (Å²) in [4.78, 5) is 13.0. The number of carbonyl (C=O) groups is 1. The lowest BCUT2D eigenvalue weighted by molar-refractivity contribution is -0.121. The summed E-state index contributed by atoms with van der Waals surface area (Å²) in [6, 6.07) is 10.8. The van der Waals surface area contributed by atoms with Crippen LogP contribution >= 0.6 is 23.2 Å². The predicted molar refractivity (Wildman–Crippen MR) is 127 cm³/mol. The van der Waals surface area contributed by atoms with Crippen molar-refractivity contribution in [3.8, 4) is 0 Å². The van der Waals surface area contributed by atoms with Crippen molar-refractivity contribution >= 4 is 39.0 Å². The number of rotatable bonds is 10. The fraction of sp³-hybridized carbons (Fsp3) is 0.364. The molecule has 1 N–H and O–H groups in total. The van der Waals surface area contributed by atoms with E-state index in [9.17, 15) is 13.2 Å². The highest BCUT2D eigenvalue weighted by atomic mass is 35.5. The fourth-order valence-corrected chi connectivity index (χ4v) is 5.09. The molecule has 1 unspecified atom stereocenters. The molecule has 0 bridgehead atoms. The standard InChI is InChI=1S/C22H25Cl2N5O3S/c1-4-20(26-33(31,32)16-10-8-15(9-11-16)14(2)3)21(30)13-29-22(25-27-28-29)12-17-18(23)6-5-7-19(17)24/h5-11,14,20,26H,4,12-13H2,1-3H3. The molecule has 8 nitrogen and oxygen atoms in total. The van der Waals surface area contributed by atoms with E-state index >= 15 is 0 Å². The molecule has 0 fully saturated rings. The Morgan fingerprint density at radius 2 is 1.73 bits per heavy atom. The summed E-state index contributed by atoms with van der Waals surface area (Å²) in [5, 5.41) is 12.4. The number of aromatic nitrogens is 4. The van der Waals surface area contributed by atoms with Crippen LogP contribution in [0.3, 0.4) is 0 Å². The molecule has 2 aromatic carbocycles. The largest absolute Gasteiger partial charge is 0.296 e. The third-order valence-corrected chi connectivity index (χ3v) is 7.46. The average Bonchev–Trinajstić information content (AvgIpc) is 3.21. The number of tetrazole rings is 1. The quantitative estimate of drug-likeness (QED) is 0.442. The number of nitrogens with one attached hydrogen (secondary N) is 1. The van der Waals surface area contributed by atoms with Crippen molar-refractivity contribution in [2.24, 2.45) is 0 Å². The summed E-state index contributed by atoms with van der Waals surface area (Å²) >= 11 is 12.5. The number of benzene rings is 2. The van der Waals surface area contributed by atoms with E-state index in [1.165, 1.54) is 4.68 Å². The lowest BCUT2D eigenvalue weighted by Gasteiger charge is -2.17. The van der Waals surface area contributed by atoms with Gasteiger partial charge in [0.05, 0.1) is 10.9 Å². The van der Waals surface area contributed by atoms with E-state index in [-0.39, 0.29) is 36.0 Å². The van der Waals surface area contributed by atoms with Gasteiger partial charge in [-0.05, 0) is 58.2 Å². The van der Waals surface area contributed by atoms with Crippen LogP contribution < -0.4 is 4.72 Å². The number of carbonyl (C=O) groups excluding carboxylic acids is 1. The zero-order valence-electron chi connectivity index (χ0n) is 18.5. The van der Waals surface area contributed by atoms with Gasteiger partial charge in [0.1, 0.15) is 6.54 Å². The number of halogens is 2. The summed E-state index contributed by atoms with van der Waals surface area (Å²) in [6.45, 7) is 5.59. The molecule has 0 aliphatic heterocycles. The molecule has 0 aliphatic carbocycles. The SMILES string of the molecule is CCC(NS(=O)(=O)c1ccc(C(C)C)cc1)C(=O)Cn1nnnc1Cc1c(Cl)cccc1Cl. The van der Waals surface area contributed by atoms with Gasteiger partial charge in [-0.15, -0.1) is 5.10 Å². The van der Waals surface area contributed by atoms with Crippen LogP contribution in [0.25, 0.3) is 0 Å². The van der Waals surface area contributed by atoms with Crippen molar-refractivity contribution in [3.63, 3.8) is 0 Å². The fourth-order valence-electron chi connectivity index (χ4n) is 3.25. The van der Waals surface area contributed by atoms with Crippen LogP contribution in [0, 0.1) is 0 Å². The van der Waals surface area contributed by atoms with Crippen LogP contribution in [0.1, 0.15) is 50.1 Å². The summed E-state index contributed by atoms with van der Waals surface area (Å²) in [5.74, 6) is 0.310. The van der Waals surface area contributed by atoms with Gasteiger partial charge in [-0.1, -0.05) is 62.2 Å². The van der Waals surface area contributed by atoms with Gasteiger partial charge in [0, 0.05) is 16.5 Å². The van der Waals surface area contributed by atoms with Gasteiger partial charge in [-0.25, -0.2) is 17.8 Å². The first-order valence-corrected chi connectivity index (χ1v) is 12.7. The minimum absolute atomic E-state index is 0.106.